The second kappa shape index (κ2) is 9.13. The monoisotopic (exact) mass is 338 g/mol. The summed E-state index contributed by atoms with van der Waals surface area (Å²) in [5.74, 6) is 0.342. The lowest BCUT2D eigenvalue weighted by molar-refractivity contribution is -0.130. The first kappa shape index (κ1) is 18.9. The van der Waals surface area contributed by atoms with Crippen molar-refractivity contribution >= 4 is 17.5 Å². The second-order valence-electron chi connectivity index (χ2n) is 6.47. The first-order chi connectivity index (χ1) is 11.6. The molecule has 24 heavy (non-hydrogen) atoms. The van der Waals surface area contributed by atoms with Crippen LogP contribution < -0.4 is 5.32 Å². The molecular formula is C17H30N4O3. The molecule has 0 bridgehead atoms. The van der Waals surface area contributed by atoms with Crippen LogP contribution >= 0.6 is 0 Å². The Labute approximate surface area is 144 Å². The maximum absolute atomic E-state index is 12.4. The molecule has 2 heterocycles. The van der Waals surface area contributed by atoms with Crippen molar-refractivity contribution in [3.8, 4) is 0 Å². The van der Waals surface area contributed by atoms with E-state index in [0.29, 0.717) is 37.1 Å². The molecule has 0 aromatic carbocycles. The number of hydrogen-bond donors (Lipinski definition) is 1. The largest absolute Gasteiger partial charge is 0.379 e. The summed E-state index contributed by atoms with van der Waals surface area (Å²) in [4.78, 5) is 26.3. The molecule has 0 spiro atoms. The summed E-state index contributed by atoms with van der Waals surface area (Å²) in [5.41, 5.74) is 0.447. The van der Waals surface area contributed by atoms with E-state index in [4.69, 9.17) is 4.74 Å². The maximum atomic E-state index is 12.4. The van der Waals surface area contributed by atoms with E-state index in [9.17, 15) is 9.59 Å². The van der Waals surface area contributed by atoms with Crippen molar-refractivity contribution in [2.75, 3.05) is 39.9 Å². The normalized spacial score (nSPS) is 20.9. The van der Waals surface area contributed by atoms with Crippen molar-refractivity contribution in [3.63, 3.8) is 0 Å². The van der Waals surface area contributed by atoms with Gasteiger partial charge in [0, 0.05) is 45.6 Å². The molecule has 0 unspecified atom stereocenters. The smallest absolute Gasteiger partial charge is 0.267 e. The van der Waals surface area contributed by atoms with E-state index in [1.807, 2.05) is 0 Å². The minimum atomic E-state index is -0.154. The molecule has 1 fully saturated rings. The van der Waals surface area contributed by atoms with Crippen LogP contribution in [0.3, 0.4) is 0 Å². The van der Waals surface area contributed by atoms with Gasteiger partial charge in [0.25, 0.3) is 5.91 Å². The standard InChI is InChI=1S/C17H30N4O3/c1-4-13(5-2)15(21-8-10-24-11-9-21)12-18-17(23)14-6-7-16(22)20(3)19-14/h13,15H,4-12H2,1-3H3,(H,18,23)/t15-/m0/s1. The molecule has 1 N–H and O–H groups in total. The maximum Gasteiger partial charge on any atom is 0.267 e. The Morgan fingerprint density at radius 2 is 1.92 bits per heavy atom. The molecule has 1 saturated heterocycles. The van der Waals surface area contributed by atoms with Crippen LogP contribution in [0.25, 0.3) is 0 Å². The molecular weight excluding hydrogens is 308 g/mol. The predicted octanol–water partition coefficient (Wildman–Crippen LogP) is 0.848. The summed E-state index contributed by atoms with van der Waals surface area (Å²) < 4.78 is 5.45. The lowest BCUT2D eigenvalue weighted by Gasteiger charge is -2.38. The fourth-order valence-corrected chi connectivity index (χ4v) is 3.47. The van der Waals surface area contributed by atoms with E-state index >= 15 is 0 Å². The van der Waals surface area contributed by atoms with Crippen LogP contribution in [0.2, 0.25) is 0 Å². The molecule has 136 valence electrons. The first-order valence-electron chi connectivity index (χ1n) is 9.00. The average Bonchev–Trinajstić information content (AvgIpc) is 2.61. The third-order valence-electron chi connectivity index (χ3n) is 5.05. The number of nitrogens with zero attached hydrogens (tertiary/aromatic N) is 3. The topological polar surface area (TPSA) is 74.2 Å². The minimum Gasteiger partial charge on any atom is -0.379 e. The van der Waals surface area contributed by atoms with Gasteiger partial charge in [-0.25, -0.2) is 5.01 Å². The summed E-state index contributed by atoms with van der Waals surface area (Å²) in [5, 5.41) is 8.40. The summed E-state index contributed by atoms with van der Waals surface area (Å²) in [6.07, 6.45) is 2.95. The van der Waals surface area contributed by atoms with Crippen molar-refractivity contribution in [2.24, 2.45) is 11.0 Å². The van der Waals surface area contributed by atoms with Gasteiger partial charge in [-0.1, -0.05) is 26.7 Å². The molecule has 1 atom stereocenters. The summed E-state index contributed by atoms with van der Waals surface area (Å²) in [7, 11) is 1.59. The minimum absolute atomic E-state index is 0.0465. The van der Waals surface area contributed by atoms with Gasteiger partial charge in [0.2, 0.25) is 5.91 Å². The van der Waals surface area contributed by atoms with Crippen molar-refractivity contribution in [3.05, 3.63) is 0 Å². The highest BCUT2D eigenvalue weighted by Gasteiger charge is 2.28. The Bertz CT molecular complexity index is 470. The molecule has 7 heteroatoms. The molecule has 0 aliphatic carbocycles. The highest BCUT2D eigenvalue weighted by Crippen LogP contribution is 2.19. The number of ether oxygens (including phenoxy) is 1. The fraction of sp³-hybridized carbons (Fsp3) is 0.824. The van der Waals surface area contributed by atoms with Crippen molar-refractivity contribution in [1.29, 1.82) is 0 Å². The summed E-state index contributed by atoms with van der Waals surface area (Å²) in [6, 6.07) is 0.316. The van der Waals surface area contributed by atoms with Gasteiger partial charge in [-0.3, -0.25) is 14.5 Å². The number of amides is 2. The van der Waals surface area contributed by atoms with E-state index in [0.717, 1.165) is 39.1 Å². The second-order valence-corrected chi connectivity index (χ2v) is 6.47. The van der Waals surface area contributed by atoms with E-state index in [-0.39, 0.29) is 11.8 Å². The zero-order valence-electron chi connectivity index (χ0n) is 15.1. The Kier molecular flexibility index (Phi) is 7.17. The number of hydrazone groups is 1. The number of rotatable bonds is 7. The molecule has 2 aliphatic rings. The van der Waals surface area contributed by atoms with Gasteiger partial charge < -0.3 is 10.1 Å². The molecule has 0 aromatic heterocycles. The summed E-state index contributed by atoms with van der Waals surface area (Å²) >= 11 is 0. The SMILES string of the molecule is CCC(CC)[C@H](CNC(=O)C1=NN(C)C(=O)CC1)N1CCOCC1. The van der Waals surface area contributed by atoms with Gasteiger partial charge in [0.15, 0.2) is 0 Å². The highest BCUT2D eigenvalue weighted by atomic mass is 16.5. The van der Waals surface area contributed by atoms with Crippen LogP contribution in [0.15, 0.2) is 5.10 Å². The van der Waals surface area contributed by atoms with Gasteiger partial charge in [0.05, 0.1) is 13.2 Å². The highest BCUT2D eigenvalue weighted by molar-refractivity contribution is 6.39. The van der Waals surface area contributed by atoms with Crippen molar-refractivity contribution in [1.82, 2.24) is 15.2 Å². The summed E-state index contributed by atoms with van der Waals surface area (Å²) in [6.45, 7) is 8.35. The number of hydrogen-bond acceptors (Lipinski definition) is 5. The molecule has 0 saturated carbocycles. The Hall–Kier alpha value is -1.47. The van der Waals surface area contributed by atoms with Crippen LogP contribution in [-0.2, 0) is 14.3 Å². The predicted molar refractivity (Wildman–Crippen MR) is 92.7 cm³/mol. The van der Waals surface area contributed by atoms with Gasteiger partial charge in [-0.2, -0.15) is 5.10 Å². The zero-order chi connectivity index (χ0) is 17.5. The lowest BCUT2D eigenvalue weighted by Crippen LogP contribution is -2.52. The Balaban J connectivity index is 1.97. The Morgan fingerprint density at radius 3 is 2.50 bits per heavy atom. The quantitative estimate of drug-likeness (QED) is 0.747. The van der Waals surface area contributed by atoms with E-state index in [1.165, 1.54) is 5.01 Å². The van der Waals surface area contributed by atoms with Crippen LogP contribution in [0.5, 0.6) is 0 Å². The van der Waals surface area contributed by atoms with Crippen LogP contribution in [0, 0.1) is 5.92 Å². The van der Waals surface area contributed by atoms with E-state index in [2.05, 4.69) is 29.2 Å². The van der Waals surface area contributed by atoms with Crippen LogP contribution in [0.4, 0.5) is 0 Å². The molecule has 0 aromatic rings. The molecule has 2 amide bonds. The number of morpholine rings is 1. The van der Waals surface area contributed by atoms with Gasteiger partial charge >= 0.3 is 0 Å². The molecule has 0 radical (unpaired) electrons. The number of nitrogens with one attached hydrogen (secondary N) is 1. The third-order valence-corrected chi connectivity index (χ3v) is 5.05. The van der Waals surface area contributed by atoms with Crippen molar-refractivity contribution in [2.45, 2.75) is 45.6 Å². The molecule has 2 rings (SSSR count). The van der Waals surface area contributed by atoms with E-state index in [1.54, 1.807) is 7.05 Å². The van der Waals surface area contributed by atoms with Crippen LogP contribution in [0.1, 0.15) is 39.5 Å². The van der Waals surface area contributed by atoms with Gasteiger partial charge in [0.1, 0.15) is 5.71 Å². The lowest BCUT2D eigenvalue weighted by atomic mass is 9.92. The zero-order valence-corrected chi connectivity index (χ0v) is 15.1. The average molecular weight is 338 g/mol. The first-order valence-corrected chi connectivity index (χ1v) is 9.00. The number of carbonyl (C=O) groups is 2. The van der Waals surface area contributed by atoms with Gasteiger partial charge in [-0.05, 0) is 5.92 Å². The van der Waals surface area contributed by atoms with E-state index < -0.39 is 0 Å². The number of carbonyl (C=O) groups excluding carboxylic acids is 2. The molecule has 7 nitrogen and oxygen atoms in total. The Morgan fingerprint density at radius 1 is 1.25 bits per heavy atom. The van der Waals surface area contributed by atoms with Gasteiger partial charge in [-0.15, -0.1) is 0 Å². The van der Waals surface area contributed by atoms with Crippen LogP contribution in [-0.4, -0.2) is 73.4 Å². The third kappa shape index (κ3) is 4.77. The molecule has 2 aliphatic heterocycles. The fourth-order valence-electron chi connectivity index (χ4n) is 3.47. The van der Waals surface area contributed by atoms with Crippen molar-refractivity contribution < 1.29 is 14.3 Å².